The van der Waals surface area contributed by atoms with Gasteiger partial charge in [-0.25, -0.2) is 9.36 Å². The van der Waals surface area contributed by atoms with Gasteiger partial charge in [-0.1, -0.05) is 0 Å². The van der Waals surface area contributed by atoms with Gasteiger partial charge in [0.25, 0.3) is 5.56 Å². The molecule has 0 bridgehead atoms. The van der Waals surface area contributed by atoms with Gasteiger partial charge in [0.1, 0.15) is 0 Å². The van der Waals surface area contributed by atoms with Crippen LogP contribution in [0.5, 0.6) is 0 Å². The number of aromatic nitrogens is 4. The van der Waals surface area contributed by atoms with E-state index >= 15 is 0 Å². The van der Waals surface area contributed by atoms with E-state index < -0.39 is 5.60 Å². The molecule has 1 aliphatic carbocycles. The summed E-state index contributed by atoms with van der Waals surface area (Å²) in [6, 6.07) is 5.63. The topological polar surface area (TPSA) is 105 Å². The largest absolute Gasteiger partial charge is 0.387 e. The summed E-state index contributed by atoms with van der Waals surface area (Å²) in [5.74, 6) is 0.675. The summed E-state index contributed by atoms with van der Waals surface area (Å²) >= 11 is 0. The smallest absolute Gasteiger partial charge is 0.267 e. The minimum atomic E-state index is -0.868. The van der Waals surface area contributed by atoms with Crippen LogP contribution in [-0.2, 0) is 4.79 Å². The fraction of sp³-hybridized carbons (Fsp3) is 0.652. The molecule has 1 saturated carbocycles. The molecule has 1 atom stereocenters. The fourth-order valence-electron chi connectivity index (χ4n) is 5.03. The van der Waals surface area contributed by atoms with Gasteiger partial charge in [0.15, 0.2) is 5.82 Å². The summed E-state index contributed by atoms with van der Waals surface area (Å²) in [5, 5.41) is 23.6. The van der Waals surface area contributed by atoms with Crippen LogP contribution in [0.2, 0.25) is 0 Å². The van der Waals surface area contributed by atoms with Crippen molar-refractivity contribution in [2.24, 2.45) is 0 Å². The standard InChI is InChI=1S/C23H34N6O3/c1-16-13-17(2)28(25-16)21-9-10-22(31)29(26-21)20-7-5-19(6-8-20)24-14-23(32)11-4-12-27(15-23)18(3)30/h9-10,13,19-20,24,32H,4-8,11-12,14-15H2,1-3H3. The Balaban J connectivity index is 1.36. The number of rotatable bonds is 5. The Labute approximate surface area is 188 Å². The number of hydrogen-bond acceptors (Lipinski definition) is 6. The monoisotopic (exact) mass is 442 g/mol. The van der Waals surface area contributed by atoms with Crippen LogP contribution in [-0.4, -0.2) is 66.8 Å². The average Bonchev–Trinajstić information content (AvgIpc) is 3.11. The van der Waals surface area contributed by atoms with Crippen molar-refractivity contribution in [2.45, 2.75) is 77.0 Å². The van der Waals surface area contributed by atoms with Crippen LogP contribution in [0.1, 0.15) is 62.9 Å². The van der Waals surface area contributed by atoms with Crippen molar-refractivity contribution < 1.29 is 9.90 Å². The SMILES string of the molecule is CC(=O)N1CCCC(O)(CNC2CCC(n3nc(-n4nc(C)cc4C)ccc3=O)CC2)C1. The maximum Gasteiger partial charge on any atom is 0.267 e. The van der Waals surface area contributed by atoms with E-state index in [4.69, 9.17) is 0 Å². The van der Waals surface area contributed by atoms with Crippen LogP contribution in [0.25, 0.3) is 5.82 Å². The number of carbonyl (C=O) groups excluding carboxylic acids is 1. The van der Waals surface area contributed by atoms with Crippen molar-refractivity contribution in [2.75, 3.05) is 19.6 Å². The molecule has 4 rings (SSSR count). The Morgan fingerprint density at radius 3 is 2.62 bits per heavy atom. The molecular formula is C23H34N6O3. The van der Waals surface area contributed by atoms with Crippen molar-refractivity contribution in [3.8, 4) is 5.82 Å². The molecule has 9 nitrogen and oxygen atoms in total. The highest BCUT2D eigenvalue weighted by atomic mass is 16.3. The molecule has 0 spiro atoms. The lowest BCUT2D eigenvalue weighted by molar-refractivity contribution is -0.135. The van der Waals surface area contributed by atoms with Crippen molar-refractivity contribution in [1.29, 1.82) is 0 Å². The van der Waals surface area contributed by atoms with Gasteiger partial charge >= 0.3 is 0 Å². The second-order valence-corrected chi connectivity index (χ2v) is 9.47. The summed E-state index contributed by atoms with van der Waals surface area (Å²) in [5.41, 5.74) is 0.942. The van der Waals surface area contributed by atoms with Gasteiger partial charge in [0.2, 0.25) is 5.91 Å². The number of likely N-dealkylation sites (tertiary alicyclic amines) is 1. The molecule has 2 fully saturated rings. The van der Waals surface area contributed by atoms with Gasteiger partial charge in [-0.05, 0) is 64.5 Å². The maximum absolute atomic E-state index is 12.5. The summed E-state index contributed by atoms with van der Waals surface area (Å²) in [4.78, 5) is 25.9. The summed E-state index contributed by atoms with van der Waals surface area (Å²) in [7, 11) is 0. The molecule has 9 heteroatoms. The number of carbonyl (C=O) groups is 1. The van der Waals surface area contributed by atoms with E-state index in [9.17, 15) is 14.7 Å². The van der Waals surface area contributed by atoms with Crippen LogP contribution in [0.15, 0.2) is 23.0 Å². The molecular weight excluding hydrogens is 408 g/mol. The number of piperidine rings is 1. The fourth-order valence-corrected chi connectivity index (χ4v) is 5.03. The van der Waals surface area contributed by atoms with Gasteiger partial charge in [0, 0.05) is 37.8 Å². The van der Waals surface area contributed by atoms with Gasteiger partial charge in [-0.2, -0.15) is 5.10 Å². The molecule has 32 heavy (non-hydrogen) atoms. The third-order valence-corrected chi connectivity index (χ3v) is 6.80. The van der Waals surface area contributed by atoms with Crippen molar-refractivity contribution >= 4 is 5.91 Å². The highest BCUT2D eigenvalue weighted by Crippen LogP contribution is 2.28. The molecule has 0 aromatic carbocycles. The molecule has 1 aliphatic heterocycles. The van der Waals surface area contributed by atoms with Crippen LogP contribution < -0.4 is 10.9 Å². The van der Waals surface area contributed by atoms with Crippen LogP contribution in [0, 0.1) is 13.8 Å². The van der Waals surface area contributed by atoms with Gasteiger partial charge in [0.05, 0.1) is 23.9 Å². The van der Waals surface area contributed by atoms with Crippen molar-refractivity contribution in [1.82, 2.24) is 29.8 Å². The Bertz CT molecular complexity index is 1020. The predicted octanol–water partition coefficient (Wildman–Crippen LogP) is 1.49. The van der Waals surface area contributed by atoms with E-state index in [0.717, 1.165) is 50.0 Å². The Morgan fingerprint density at radius 2 is 1.97 bits per heavy atom. The number of aryl methyl sites for hydroxylation is 2. The van der Waals surface area contributed by atoms with Gasteiger partial charge in [-0.3, -0.25) is 9.59 Å². The zero-order valence-electron chi connectivity index (χ0n) is 19.3. The maximum atomic E-state index is 12.5. The van der Waals surface area contributed by atoms with Crippen molar-refractivity contribution in [3.63, 3.8) is 0 Å². The van der Waals surface area contributed by atoms with Gasteiger partial charge < -0.3 is 15.3 Å². The first-order valence-corrected chi connectivity index (χ1v) is 11.6. The van der Waals surface area contributed by atoms with Gasteiger partial charge in [-0.15, -0.1) is 5.10 Å². The quantitative estimate of drug-likeness (QED) is 0.727. The molecule has 1 unspecified atom stereocenters. The predicted molar refractivity (Wildman–Crippen MR) is 121 cm³/mol. The normalized spacial score (nSPS) is 26.3. The van der Waals surface area contributed by atoms with E-state index in [0.29, 0.717) is 25.3 Å². The van der Waals surface area contributed by atoms with Crippen LogP contribution in [0.3, 0.4) is 0 Å². The number of amides is 1. The van der Waals surface area contributed by atoms with E-state index in [2.05, 4.69) is 15.5 Å². The molecule has 3 heterocycles. The summed E-state index contributed by atoms with van der Waals surface area (Å²) < 4.78 is 3.38. The molecule has 174 valence electrons. The molecule has 1 amide bonds. The number of aliphatic hydroxyl groups is 1. The molecule has 2 aromatic rings. The molecule has 0 radical (unpaired) electrons. The first kappa shape index (κ1) is 22.7. The van der Waals surface area contributed by atoms with E-state index in [-0.39, 0.29) is 23.6 Å². The highest BCUT2D eigenvalue weighted by Gasteiger charge is 2.35. The number of β-amino-alcohol motifs (C(OH)–C–C–N with tert-alkyl or cyclic N) is 1. The van der Waals surface area contributed by atoms with E-state index in [1.165, 1.54) is 0 Å². The second kappa shape index (κ2) is 9.15. The Kier molecular flexibility index (Phi) is 6.48. The number of nitrogens with zero attached hydrogens (tertiary/aromatic N) is 5. The Morgan fingerprint density at radius 1 is 1.22 bits per heavy atom. The highest BCUT2D eigenvalue weighted by molar-refractivity contribution is 5.73. The van der Waals surface area contributed by atoms with Crippen LogP contribution in [0.4, 0.5) is 0 Å². The average molecular weight is 443 g/mol. The minimum Gasteiger partial charge on any atom is -0.387 e. The third kappa shape index (κ3) is 4.94. The van der Waals surface area contributed by atoms with E-state index in [1.54, 1.807) is 33.3 Å². The second-order valence-electron chi connectivity index (χ2n) is 9.47. The van der Waals surface area contributed by atoms with Crippen LogP contribution >= 0.6 is 0 Å². The first-order chi connectivity index (χ1) is 15.2. The number of nitrogens with one attached hydrogen (secondary N) is 1. The lowest BCUT2D eigenvalue weighted by Crippen LogP contribution is -2.56. The summed E-state index contributed by atoms with van der Waals surface area (Å²) in [6.07, 6.45) is 5.05. The number of hydrogen-bond donors (Lipinski definition) is 2. The lowest BCUT2D eigenvalue weighted by atomic mass is 9.89. The summed E-state index contributed by atoms with van der Waals surface area (Å²) in [6.45, 7) is 7.07. The minimum absolute atomic E-state index is 0.0178. The molecule has 2 N–H and O–H groups in total. The third-order valence-electron chi connectivity index (χ3n) is 6.80. The Hall–Kier alpha value is -2.52. The zero-order chi connectivity index (χ0) is 22.9. The molecule has 2 aromatic heterocycles. The zero-order valence-corrected chi connectivity index (χ0v) is 19.3. The van der Waals surface area contributed by atoms with E-state index in [1.807, 2.05) is 19.9 Å². The molecule has 2 aliphatic rings. The lowest BCUT2D eigenvalue weighted by Gasteiger charge is -2.40. The first-order valence-electron chi connectivity index (χ1n) is 11.6. The van der Waals surface area contributed by atoms with Crippen molar-refractivity contribution in [3.05, 3.63) is 39.9 Å². The molecule has 1 saturated heterocycles.